The summed E-state index contributed by atoms with van der Waals surface area (Å²) in [4.78, 5) is 23.3. The number of nitrogens with zero attached hydrogens (tertiary/aromatic N) is 2. The van der Waals surface area contributed by atoms with Crippen molar-refractivity contribution < 1.29 is 31.3 Å². The molecule has 0 radical (unpaired) electrons. The summed E-state index contributed by atoms with van der Waals surface area (Å²) in [5.74, 6) is -1.71. The van der Waals surface area contributed by atoms with E-state index in [-0.39, 0.29) is 11.1 Å². The predicted molar refractivity (Wildman–Crippen MR) is 94.9 cm³/mol. The lowest BCUT2D eigenvalue weighted by atomic mass is 10.1. The van der Waals surface area contributed by atoms with Crippen LogP contribution in [0.5, 0.6) is 0 Å². The number of aryl methyl sites for hydroxylation is 1. The molecule has 0 spiro atoms. The number of nitro groups is 1. The molecule has 0 aliphatic heterocycles. The van der Waals surface area contributed by atoms with E-state index in [1.165, 1.54) is 6.92 Å². The topological polar surface area (TPSA) is 159 Å². The van der Waals surface area contributed by atoms with Gasteiger partial charge in [0.25, 0.3) is 11.6 Å². The Morgan fingerprint density at radius 1 is 1.14 bits per heavy atom. The van der Waals surface area contributed by atoms with Gasteiger partial charge in [0.15, 0.2) is 5.96 Å². The summed E-state index contributed by atoms with van der Waals surface area (Å²) in [5.41, 5.74) is 7.12. The number of nitro benzene ring substituents is 1. The summed E-state index contributed by atoms with van der Waals surface area (Å²) in [6.45, 7) is 1.23. The Hall–Kier alpha value is -3.48. The van der Waals surface area contributed by atoms with Gasteiger partial charge in [-0.15, -0.1) is 0 Å². The second-order valence-electron chi connectivity index (χ2n) is 5.73. The molecule has 9 nitrogen and oxygen atoms in total. The monoisotopic (exact) mass is 430 g/mol. The maximum atomic E-state index is 13.2. The van der Waals surface area contributed by atoms with Crippen LogP contribution in [0.25, 0.3) is 0 Å². The summed E-state index contributed by atoms with van der Waals surface area (Å²) >= 11 is 0. The first-order chi connectivity index (χ1) is 13.3. The Balaban J connectivity index is 2.82. The maximum absolute atomic E-state index is 13.2. The standard InChI is InChI=1S/C16H13F3N4O5S/c1-8-6-13(11(23(25)26)7-9(8)14(24)22-15(20)21)29(27,28)12-5-3-2-4-10(12)16(17,18)19/h2-7H,1H3,(H4,20,21,22,24). The summed E-state index contributed by atoms with van der Waals surface area (Å²) in [7, 11) is -4.97. The molecule has 0 aliphatic carbocycles. The lowest BCUT2D eigenvalue weighted by molar-refractivity contribution is -0.387. The van der Waals surface area contributed by atoms with Gasteiger partial charge in [0, 0.05) is 6.07 Å². The lowest BCUT2D eigenvalue weighted by Crippen LogP contribution is -2.24. The number of halogens is 3. The van der Waals surface area contributed by atoms with Crippen LogP contribution in [0.1, 0.15) is 21.5 Å². The smallest absolute Gasteiger partial charge is 0.370 e. The van der Waals surface area contributed by atoms with Crippen LogP contribution in [0.15, 0.2) is 51.2 Å². The summed E-state index contributed by atoms with van der Waals surface area (Å²) in [6, 6.07) is 4.61. The molecule has 0 atom stereocenters. The average Bonchev–Trinajstić information content (AvgIpc) is 2.59. The maximum Gasteiger partial charge on any atom is 0.417 e. The van der Waals surface area contributed by atoms with Gasteiger partial charge in [-0.2, -0.15) is 18.2 Å². The molecule has 2 aromatic rings. The highest BCUT2D eigenvalue weighted by Crippen LogP contribution is 2.39. The van der Waals surface area contributed by atoms with Crippen molar-refractivity contribution in [2.45, 2.75) is 22.9 Å². The number of amides is 1. The summed E-state index contributed by atoms with van der Waals surface area (Å²) in [5, 5.41) is 11.4. The SMILES string of the molecule is Cc1cc(S(=O)(=O)c2ccccc2C(F)(F)F)c([N+](=O)[O-])cc1C(=O)N=C(N)N. The fourth-order valence-electron chi connectivity index (χ4n) is 2.49. The van der Waals surface area contributed by atoms with Crippen molar-refractivity contribution in [1.29, 1.82) is 0 Å². The first-order valence-corrected chi connectivity index (χ1v) is 9.09. The number of aliphatic imine (C=N–C) groups is 1. The van der Waals surface area contributed by atoms with E-state index < -0.39 is 53.8 Å². The van der Waals surface area contributed by atoms with Crippen molar-refractivity contribution in [1.82, 2.24) is 0 Å². The number of alkyl halides is 3. The van der Waals surface area contributed by atoms with Crippen molar-refractivity contribution >= 4 is 27.4 Å². The minimum absolute atomic E-state index is 0.0892. The molecule has 0 aliphatic rings. The van der Waals surface area contributed by atoms with E-state index in [0.29, 0.717) is 18.2 Å². The van der Waals surface area contributed by atoms with Crippen molar-refractivity contribution in [3.05, 3.63) is 63.2 Å². The molecule has 0 heterocycles. The predicted octanol–water partition coefficient (Wildman–Crippen LogP) is 2.17. The molecule has 2 rings (SSSR count). The number of carbonyl (C=O) groups is 1. The number of hydrogen-bond donors (Lipinski definition) is 2. The van der Waals surface area contributed by atoms with Gasteiger partial charge < -0.3 is 11.5 Å². The van der Waals surface area contributed by atoms with E-state index in [2.05, 4.69) is 4.99 Å². The van der Waals surface area contributed by atoms with E-state index in [9.17, 15) is 36.5 Å². The third-order valence-electron chi connectivity index (χ3n) is 3.74. The Morgan fingerprint density at radius 2 is 1.72 bits per heavy atom. The summed E-state index contributed by atoms with van der Waals surface area (Å²) in [6.07, 6.45) is -5.02. The van der Waals surface area contributed by atoms with Crippen LogP contribution < -0.4 is 11.5 Å². The quantitative estimate of drug-likeness (QED) is 0.325. The highest BCUT2D eigenvalue weighted by Gasteiger charge is 2.39. The molecule has 0 fully saturated rings. The van der Waals surface area contributed by atoms with Gasteiger partial charge in [-0.1, -0.05) is 12.1 Å². The van der Waals surface area contributed by atoms with E-state index in [1.54, 1.807) is 0 Å². The molecule has 0 saturated heterocycles. The fourth-order valence-corrected chi connectivity index (χ4v) is 4.20. The Kier molecular flexibility index (Phi) is 5.64. The molecule has 154 valence electrons. The van der Waals surface area contributed by atoms with E-state index in [4.69, 9.17) is 11.5 Å². The van der Waals surface area contributed by atoms with Gasteiger partial charge in [0.05, 0.1) is 20.9 Å². The third-order valence-corrected chi connectivity index (χ3v) is 5.58. The molecular formula is C16H13F3N4O5S. The first kappa shape index (κ1) is 21.8. The van der Waals surface area contributed by atoms with Crippen LogP contribution >= 0.6 is 0 Å². The summed E-state index contributed by atoms with van der Waals surface area (Å²) < 4.78 is 65.5. The highest BCUT2D eigenvalue weighted by molar-refractivity contribution is 7.91. The fraction of sp³-hybridized carbons (Fsp3) is 0.125. The van der Waals surface area contributed by atoms with Crippen molar-refractivity contribution in [2.24, 2.45) is 16.5 Å². The number of carbonyl (C=O) groups excluding carboxylic acids is 1. The molecule has 29 heavy (non-hydrogen) atoms. The van der Waals surface area contributed by atoms with E-state index in [0.717, 1.165) is 18.2 Å². The van der Waals surface area contributed by atoms with Gasteiger partial charge in [-0.3, -0.25) is 14.9 Å². The molecule has 13 heteroatoms. The van der Waals surface area contributed by atoms with Gasteiger partial charge >= 0.3 is 6.18 Å². The van der Waals surface area contributed by atoms with Crippen LogP contribution in [0, 0.1) is 17.0 Å². The van der Waals surface area contributed by atoms with Crippen LogP contribution in [-0.2, 0) is 16.0 Å². The molecule has 4 N–H and O–H groups in total. The molecular weight excluding hydrogens is 417 g/mol. The van der Waals surface area contributed by atoms with Crippen molar-refractivity contribution in [3.8, 4) is 0 Å². The Bertz CT molecular complexity index is 1140. The molecule has 0 saturated carbocycles. The minimum atomic E-state index is -5.02. The van der Waals surface area contributed by atoms with E-state index >= 15 is 0 Å². The second-order valence-corrected chi connectivity index (χ2v) is 7.62. The number of sulfone groups is 1. The molecule has 2 aromatic carbocycles. The Labute approximate surface area is 161 Å². The highest BCUT2D eigenvalue weighted by atomic mass is 32.2. The van der Waals surface area contributed by atoms with Crippen LogP contribution in [0.3, 0.4) is 0 Å². The molecule has 0 bridgehead atoms. The number of hydrogen-bond acceptors (Lipinski definition) is 5. The zero-order valence-corrected chi connectivity index (χ0v) is 15.4. The number of guanidine groups is 1. The Morgan fingerprint density at radius 3 is 2.24 bits per heavy atom. The average molecular weight is 430 g/mol. The van der Waals surface area contributed by atoms with Crippen molar-refractivity contribution in [3.63, 3.8) is 0 Å². The number of rotatable bonds is 4. The third kappa shape index (κ3) is 4.34. The van der Waals surface area contributed by atoms with Gasteiger partial charge in [-0.25, -0.2) is 8.42 Å². The zero-order valence-electron chi connectivity index (χ0n) is 14.6. The zero-order chi connectivity index (χ0) is 22.1. The van der Waals surface area contributed by atoms with Crippen LogP contribution in [0.4, 0.5) is 18.9 Å². The number of benzene rings is 2. The first-order valence-electron chi connectivity index (χ1n) is 7.61. The van der Waals surface area contributed by atoms with Crippen LogP contribution in [0.2, 0.25) is 0 Å². The lowest BCUT2D eigenvalue weighted by Gasteiger charge is -2.14. The number of nitrogens with two attached hydrogens (primary N) is 2. The largest absolute Gasteiger partial charge is 0.417 e. The van der Waals surface area contributed by atoms with Gasteiger partial charge in [0.1, 0.15) is 4.90 Å². The van der Waals surface area contributed by atoms with E-state index in [1.807, 2.05) is 0 Å². The molecule has 0 aromatic heterocycles. The van der Waals surface area contributed by atoms with Gasteiger partial charge in [-0.05, 0) is 30.7 Å². The van der Waals surface area contributed by atoms with Crippen molar-refractivity contribution in [2.75, 3.05) is 0 Å². The minimum Gasteiger partial charge on any atom is -0.370 e. The van der Waals surface area contributed by atoms with Gasteiger partial charge in [0.2, 0.25) is 9.84 Å². The molecule has 0 unspecified atom stereocenters. The van der Waals surface area contributed by atoms with Crippen LogP contribution in [-0.4, -0.2) is 25.2 Å². The molecule has 1 amide bonds. The second kappa shape index (κ2) is 7.50. The normalized spacial score (nSPS) is 11.7.